The topological polar surface area (TPSA) is 39.2 Å². The van der Waals surface area contributed by atoms with E-state index in [9.17, 15) is 8.78 Å². The third-order valence-corrected chi connectivity index (χ3v) is 3.65. The Balaban J connectivity index is 2.31. The van der Waals surface area contributed by atoms with Crippen molar-refractivity contribution in [2.75, 3.05) is 0 Å². The number of benzene rings is 1. The van der Waals surface area contributed by atoms with Gasteiger partial charge in [0.2, 0.25) is 0 Å². The van der Waals surface area contributed by atoms with E-state index in [0.717, 1.165) is 11.3 Å². The van der Waals surface area contributed by atoms with Crippen molar-refractivity contribution < 1.29 is 13.2 Å². The van der Waals surface area contributed by atoms with Gasteiger partial charge in [-0.3, -0.25) is 0 Å². The van der Waals surface area contributed by atoms with E-state index in [2.05, 4.69) is 15.9 Å². The fourth-order valence-electron chi connectivity index (χ4n) is 2.10. The van der Waals surface area contributed by atoms with E-state index in [1.165, 1.54) is 12.1 Å². The van der Waals surface area contributed by atoms with Crippen LogP contribution in [0, 0.1) is 25.5 Å². The fraction of sp³-hybridized carbons (Fsp3) is 0.286. The second-order valence-corrected chi connectivity index (χ2v) is 5.36. The Hall–Kier alpha value is -1.20. The van der Waals surface area contributed by atoms with Crippen LogP contribution in [0.4, 0.5) is 8.78 Å². The summed E-state index contributed by atoms with van der Waals surface area (Å²) in [6.07, 6.45) is 0.0803. The molecule has 0 fully saturated rings. The second-order valence-electron chi connectivity index (χ2n) is 4.50. The van der Waals surface area contributed by atoms with Crippen molar-refractivity contribution in [2.24, 2.45) is 5.73 Å². The quantitative estimate of drug-likeness (QED) is 0.858. The van der Waals surface area contributed by atoms with Gasteiger partial charge >= 0.3 is 0 Å². The maximum atomic E-state index is 13.9. The summed E-state index contributed by atoms with van der Waals surface area (Å²) in [5.41, 5.74) is 6.78. The van der Waals surface area contributed by atoms with Crippen molar-refractivity contribution in [2.45, 2.75) is 26.3 Å². The summed E-state index contributed by atoms with van der Waals surface area (Å²) in [5.74, 6) is 0.223. The summed E-state index contributed by atoms with van der Waals surface area (Å²) in [6, 6.07) is 3.86. The average Bonchev–Trinajstić information content (AvgIpc) is 2.69. The van der Waals surface area contributed by atoms with Gasteiger partial charge in [0.15, 0.2) is 0 Å². The Bertz CT molecular complexity index is 610. The van der Waals surface area contributed by atoms with Gasteiger partial charge in [-0.1, -0.05) is 0 Å². The Morgan fingerprint density at radius 3 is 2.58 bits per heavy atom. The van der Waals surface area contributed by atoms with E-state index in [4.69, 9.17) is 10.2 Å². The lowest BCUT2D eigenvalue weighted by molar-refractivity contribution is 0.494. The van der Waals surface area contributed by atoms with Gasteiger partial charge in [0, 0.05) is 17.2 Å². The molecule has 19 heavy (non-hydrogen) atoms. The number of halogens is 3. The number of hydrogen-bond donors (Lipinski definition) is 1. The summed E-state index contributed by atoms with van der Waals surface area (Å²) in [6.45, 7) is 3.60. The molecule has 1 aromatic heterocycles. The molecule has 2 nitrogen and oxygen atoms in total. The molecule has 2 rings (SSSR count). The highest BCUT2D eigenvalue weighted by molar-refractivity contribution is 9.10. The largest absolute Gasteiger partial charge is 0.466 e. The molecule has 1 atom stereocenters. The molecule has 5 heteroatoms. The molecule has 0 aliphatic heterocycles. The molecule has 0 spiro atoms. The van der Waals surface area contributed by atoms with E-state index >= 15 is 0 Å². The van der Waals surface area contributed by atoms with Crippen LogP contribution in [0.1, 0.15) is 28.7 Å². The minimum atomic E-state index is -0.603. The first-order valence-corrected chi connectivity index (χ1v) is 6.64. The maximum absolute atomic E-state index is 13.9. The van der Waals surface area contributed by atoms with Crippen LogP contribution in [0.2, 0.25) is 0 Å². The summed E-state index contributed by atoms with van der Waals surface area (Å²) in [7, 11) is 0. The van der Waals surface area contributed by atoms with Crippen LogP contribution in [0.3, 0.4) is 0 Å². The molecule has 0 saturated heterocycles. The molecule has 2 N–H and O–H groups in total. The van der Waals surface area contributed by atoms with Crippen LogP contribution < -0.4 is 5.73 Å². The smallest absolute Gasteiger partial charge is 0.143 e. The molecule has 0 radical (unpaired) electrons. The van der Waals surface area contributed by atoms with Crippen molar-refractivity contribution in [3.8, 4) is 0 Å². The molecule has 0 bridgehead atoms. The minimum Gasteiger partial charge on any atom is -0.466 e. The van der Waals surface area contributed by atoms with E-state index in [1.54, 1.807) is 13.0 Å². The van der Waals surface area contributed by atoms with E-state index < -0.39 is 17.7 Å². The summed E-state index contributed by atoms with van der Waals surface area (Å²) in [4.78, 5) is 0. The molecule has 0 aliphatic rings. The van der Waals surface area contributed by atoms with Gasteiger partial charge in [-0.15, -0.1) is 0 Å². The lowest BCUT2D eigenvalue weighted by Crippen LogP contribution is -2.15. The zero-order valence-corrected chi connectivity index (χ0v) is 12.2. The molecule has 1 unspecified atom stereocenters. The van der Waals surface area contributed by atoms with Gasteiger partial charge in [0.1, 0.15) is 23.2 Å². The predicted octanol–water partition coefficient (Wildman–Crippen LogP) is 4.18. The number of rotatable bonds is 3. The van der Waals surface area contributed by atoms with Crippen LogP contribution >= 0.6 is 15.9 Å². The van der Waals surface area contributed by atoms with Gasteiger partial charge in [-0.25, -0.2) is 8.78 Å². The van der Waals surface area contributed by atoms with Crippen LogP contribution in [-0.2, 0) is 6.42 Å². The Labute approximate surface area is 118 Å². The molecule has 2 aromatic rings. The fourth-order valence-corrected chi connectivity index (χ4v) is 2.48. The predicted molar refractivity (Wildman–Crippen MR) is 72.9 cm³/mol. The first-order chi connectivity index (χ1) is 8.90. The number of hydrogen-bond acceptors (Lipinski definition) is 2. The van der Waals surface area contributed by atoms with Crippen LogP contribution in [-0.4, -0.2) is 0 Å². The summed E-state index contributed by atoms with van der Waals surface area (Å²) < 4.78 is 33.2. The standard InChI is InChI=1S/C14H14BrF2NO/c1-7-5-9(8(2)19-7)13(18)6-10-12(16)4-3-11(15)14(10)17/h3-5,13H,6,18H2,1-2H3. The van der Waals surface area contributed by atoms with Crippen molar-refractivity contribution in [3.05, 3.63) is 57.0 Å². The van der Waals surface area contributed by atoms with E-state index in [1.807, 2.05) is 6.92 Å². The lowest BCUT2D eigenvalue weighted by Gasteiger charge is -2.13. The van der Waals surface area contributed by atoms with Gasteiger partial charge in [0.25, 0.3) is 0 Å². The zero-order chi connectivity index (χ0) is 14.2. The number of aryl methyl sites for hydroxylation is 2. The molecule has 1 aromatic carbocycles. The van der Waals surface area contributed by atoms with Crippen LogP contribution in [0.15, 0.2) is 27.1 Å². The van der Waals surface area contributed by atoms with Crippen molar-refractivity contribution in [1.82, 2.24) is 0 Å². The Morgan fingerprint density at radius 2 is 2.00 bits per heavy atom. The van der Waals surface area contributed by atoms with Crippen LogP contribution in [0.5, 0.6) is 0 Å². The zero-order valence-electron chi connectivity index (χ0n) is 10.6. The molecule has 102 valence electrons. The Kier molecular flexibility index (Phi) is 4.06. The molecule has 0 aliphatic carbocycles. The lowest BCUT2D eigenvalue weighted by atomic mass is 9.99. The number of nitrogens with two attached hydrogens (primary N) is 1. The first-order valence-electron chi connectivity index (χ1n) is 5.85. The normalized spacial score (nSPS) is 12.7. The van der Waals surface area contributed by atoms with Crippen molar-refractivity contribution in [3.63, 3.8) is 0 Å². The average molecular weight is 330 g/mol. The second kappa shape index (κ2) is 5.43. The molecular weight excluding hydrogens is 316 g/mol. The van der Waals surface area contributed by atoms with Crippen molar-refractivity contribution in [1.29, 1.82) is 0 Å². The maximum Gasteiger partial charge on any atom is 0.143 e. The minimum absolute atomic E-state index is 0.0138. The summed E-state index contributed by atoms with van der Waals surface area (Å²) in [5, 5.41) is 0. The van der Waals surface area contributed by atoms with E-state index in [0.29, 0.717) is 5.76 Å². The third kappa shape index (κ3) is 2.87. The SMILES string of the molecule is Cc1cc(C(N)Cc2c(F)ccc(Br)c2F)c(C)o1. The summed E-state index contributed by atoms with van der Waals surface area (Å²) >= 11 is 3.04. The van der Waals surface area contributed by atoms with E-state index in [-0.39, 0.29) is 16.5 Å². The van der Waals surface area contributed by atoms with Crippen molar-refractivity contribution >= 4 is 15.9 Å². The molecule has 1 heterocycles. The molecular formula is C14H14BrF2NO. The highest BCUT2D eigenvalue weighted by Gasteiger charge is 2.19. The highest BCUT2D eigenvalue weighted by atomic mass is 79.9. The van der Waals surface area contributed by atoms with Gasteiger partial charge in [-0.05, 0) is 54.4 Å². The third-order valence-electron chi connectivity index (χ3n) is 3.04. The highest BCUT2D eigenvalue weighted by Crippen LogP contribution is 2.27. The van der Waals surface area contributed by atoms with Gasteiger partial charge in [-0.2, -0.15) is 0 Å². The van der Waals surface area contributed by atoms with Gasteiger partial charge in [0.05, 0.1) is 4.47 Å². The molecule has 0 saturated carbocycles. The first kappa shape index (κ1) is 14.2. The Morgan fingerprint density at radius 1 is 1.32 bits per heavy atom. The number of furan rings is 1. The molecule has 0 amide bonds. The monoisotopic (exact) mass is 329 g/mol. The van der Waals surface area contributed by atoms with Crippen LogP contribution in [0.25, 0.3) is 0 Å². The van der Waals surface area contributed by atoms with Gasteiger partial charge < -0.3 is 10.2 Å².